The second-order valence-electron chi connectivity index (χ2n) is 3.78. The van der Waals surface area contributed by atoms with Gasteiger partial charge in [-0.1, -0.05) is 31.9 Å². The highest BCUT2D eigenvalue weighted by atomic mass is 79.9. The maximum absolute atomic E-state index is 10.7. The molecule has 0 saturated heterocycles. The third-order valence-corrected chi connectivity index (χ3v) is 3.27. The van der Waals surface area contributed by atoms with E-state index in [9.17, 15) is 10.1 Å². The molecule has 7 heteroatoms. The summed E-state index contributed by atoms with van der Waals surface area (Å²) in [6.07, 6.45) is 2.74. The molecule has 1 atom stereocenters. The summed E-state index contributed by atoms with van der Waals surface area (Å²) in [6.45, 7) is 4.07. The van der Waals surface area contributed by atoms with Gasteiger partial charge in [0.25, 0.3) is 0 Å². The number of nitro groups is 1. The molecular formula is C11H14BrClN2O3. The van der Waals surface area contributed by atoms with E-state index in [1.807, 2.05) is 6.92 Å². The van der Waals surface area contributed by atoms with Crippen LogP contribution >= 0.6 is 27.5 Å². The summed E-state index contributed by atoms with van der Waals surface area (Å²) in [5, 5.41) is 10.9. The largest absolute Gasteiger partial charge is 0.473 e. The molecule has 1 heterocycles. The van der Waals surface area contributed by atoms with Crippen molar-refractivity contribution >= 4 is 33.2 Å². The van der Waals surface area contributed by atoms with Crippen LogP contribution < -0.4 is 4.74 Å². The molecular weight excluding hydrogens is 323 g/mol. The quantitative estimate of drug-likeness (QED) is 0.439. The van der Waals surface area contributed by atoms with Gasteiger partial charge in [0.15, 0.2) is 4.60 Å². The van der Waals surface area contributed by atoms with Crippen LogP contribution in [-0.2, 0) is 0 Å². The van der Waals surface area contributed by atoms with E-state index in [1.165, 1.54) is 6.07 Å². The summed E-state index contributed by atoms with van der Waals surface area (Å²) < 4.78 is 5.78. The van der Waals surface area contributed by atoms with Gasteiger partial charge in [-0.3, -0.25) is 10.1 Å². The van der Waals surface area contributed by atoms with Gasteiger partial charge in [-0.2, -0.15) is 4.98 Å². The topological polar surface area (TPSA) is 65.3 Å². The monoisotopic (exact) mass is 336 g/mol. The highest BCUT2D eigenvalue weighted by molar-refractivity contribution is 9.10. The van der Waals surface area contributed by atoms with Crippen molar-refractivity contribution in [3.05, 3.63) is 25.8 Å². The molecule has 0 aliphatic carbocycles. The van der Waals surface area contributed by atoms with Gasteiger partial charge in [-0.15, -0.1) is 0 Å². The van der Waals surface area contributed by atoms with Crippen LogP contribution in [0.3, 0.4) is 0 Å². The molecule has 1 aromatic heterocycles. The third kappa shape index (κ3) is 3.81. The highest BCUT2D eigenvalue weighted by Crippen LogP contribution is 2.33. The van der Waals surface area contributed by atoms with Crippen molar-refractivity contribution in [2.75, 3.05) is 0 Å². The number of aromatic nitrogens is 1. The molecule has 0 fully saturated rings. The fourth-order valence-corrected chi connectivity index (χ4v) is 2.09. The van der Waals surface area contributed by atoms with E-state index < -0.39 is 4.92 Å². The predicted octanol–water partition coefficient (Wildman–Crippen LogP) is 4.36. The van der Waals surface area contributed by atoms with E-state index in [4.69, 9.17) is 16.3 Å². The Hall–Kier alpha value is -0.880. The molecule has 1 rings (SSSR count). The van der Waals surface area contributed by atoms with Gasteiger partial charge in [0.2, 0.25) is 5.88 Å². The minimum absolute atomic E-state index is 0.0216. The Kier molecular flexibility index (Phi) is 5.81. The van der Waals surface area contributed by atoms with Crippen molar-refractivity contribution in [2.45, 2.75) is 39.2 Å². The summed E-state index contributed by atoms with van der Waals surface area (Å²) in [5.74, 6) is 0.231. The molecule has 0 radical (unpaired) electrons. The summed E-state index contributed by atoms with van der Waals surface area (Å²) in [4.78, 5) is 14.1. The zero-order chi connectivity index (χ0) is 13.7. The zero-order valence-electron chi connectivity index (χ0n) is 10.2. The average Bonchev–Trinajstić information content (AvgIpc) is 2.32. The van der Waals surface area contributed by atoms with E-state index in [1.54, 1.807) is 0 Å². The second-order valence-corrected chi connectivity index (χ2v) is 4.94. The summed E-state index contributed by atoms with van der Waals surface area (Å²) in [7, 11) is 0. The Balaban J connectivity index is 2.97. The van der Waals surface area contributed by atoms with Crippen molar-refractivity contribution in [1.82, 2.24) is 4.98 Å². The van der Waals surface area contributed by atoms with Crippen LogP contribution in [0.1, 0.15) is 33.1 Å². The number of hydrogen-bond donors (Lipinski definition) is 0. The lowest BCUT2D eigenvalue weighted by Gasteiger charge is -2.16. The predicted molar refractivity (Wildman–Crippen MR) is 73.2 cm³/mol. The van der Waals surface area contributed by atoms with Crippen LogP contribution in [0.25, 0.3) is 0 Å². The molecule has 0 spiro atoms. The van der Waals surface area contributed by atoms with Crippen LogP contribution in [-0.4, -0.2) is 16.0 Å². The minimum Gasteiger partial charge on any atom is -0.473 e. The molecule has 1 unspecified atom stereocenters. The highest BCUT2D eigenvalue weighted by Gasteiger charge is 2.19. The first-order valence-corrected chi connectivity index (χ1v) is 6.83. The van der Waals surface area contributed by atoms with E-state index in [2.05, 4.69) is 27.8 Å². The smallest absolute Gasteiger partial charge is 0.303 e. The molecule has 0 aromatic carbocycles. The van der Waals surface area contributed by atoms with Gasteiger partial charge < -0.3 is 4.74 Å². The van der Waals surface area contributed by atoms with Gasteiger partial charge in [0.1, 0.15) is 11.1 Å². The lowest BCUT2D eigenvalue weighted by Crippen LogP contribution is -2.16. The maximum Gasteiger partial charge on any atom is 0.303 e. The minimum atomic E-state index is -0.546. The summed E-state index contributed by atoms with van der Waals surface area (Å²) >= 11 is 8.98. The number of pyridine rings is 1. The van der Waals surface area contributed by atoms with E-state index in [-0.39, 0.29) is 27.3 Å². The first-order valence-electron chi connectivity index (χ1n) is 5.66. The van der Waals surface area contributed by atoms with Crippen LogP contribution in [0.15, 0.2) is 10.7 Å². The van der Waals surface area contributed by atoms with E-state index >= 15 is 0 Å². The van der Waals surface area contributed by atoms with Crippen molar-refractivity contribution < 1.29 is 9.66 Å². The van der Waals surface area contributed by atoms with Crippen molar-refractivity contribution in [1.29, 1.82) is 0 Å². The van der Waals surface area contributed by atoms with Crippen molar-refractivity contribution in [2.24, 2.45) is 0 Å². The summed E-state index contributed by atoms with van der Waals surface area (Å²) in [6, 6.07) is 1.24. The Morgan fingerprint density at radius 3 is 2.78 bits per heavy atom. The first kappa shape index (κ1) is 15.2. The fraction of sp³-hybridized carbons (Fsp3) is 0.545. The van der Waals surface area contributed by atoms with Gasteiger partial charge in [0.05, 0.1) is 4.92 Å². The zero-order valence-corrected chi connectivity index (χ0v) is 12.5. The van der Waals surface area contributed by atoms with E-state index in [0.717, 1.165) is 19.3 Å². The Labute approximate surface area is 119 Å². The van der Waals surface area contributed by atoms with Crippen LogP contribution in [0.2, 0.25) is 5.02 Å². The third-order valence-electron chi connectivity index (χ3n) is 2.42. The molecule has 0 saturated carbocycles. The normalized spacial score (nSPS) is 12.2. The molecule has 0 bridgehead atoms. The lowest BCUT2D eigenvalue weighted by atomic mass is 10.2. The molecule has 5 nitrogen and oxygen atoms in total. The van der Waals surface area contributed by atoms with Crippen LogP contribution in [0.4, 0.5) is 5.69 Å². The number of halogens is 2. The average molecular weight is 338 g/mol. The Morgan fingerprint density at radius 1 is 1.61 bits per heavy atom. The molecule has 18 heavy (non-hydrogen) atoms. The number of nitrogens with zero attached hydrogens (tertiary/aromatic N) is 2. The standard InChI is InChI=1S/C11H14BrClN2O3/c1-3-5-7(4-2)18-11-8(13)6-9(15(16)17)10(12)14-11/h6-7H,3-5H2,1-2H3. The molecule has 0 N–H and O–H groups in total. The molecule has 0 aliphatic rings. The molecule has 1 aromatic rings. The van der Waals surface area contributed by atoms with Gasteiger partial charge in [-0.25, -0.2) is 0 Å². The van der Waals surface area contributed by atoms with Gasteiger partial charge >= 0.3 is 5.69 Å². The Morgan fingerprint density at radius 2 is 2.28 bits per heavy atom. The fourth-order valence-electron chi connectivity index (χ4n) is 1.48. The molecule has 0 aliphatic heterocycles. The maximum atomic E-state index is 10.7. The van der Waals surface area contributed by atoms with Crippen molar-refractivity contribution in [3.63, 3.8) is 0 Å². The number of rotatable bonds is 6. The number of hydrogen-bond acceptors (Lipinski definition) is 4. The SMILES string of the molecule is CCCC(CC)Oc1nc(Br)c([N+](=O)[O-])cc1Cl. The Bertz CT molecular complexity index is 443. The lowest BCUT2D eigenvalue weighted by molar-refractivity contribution is -0.386. The second kappa shape index (κ2) is 6.89. The molecule has 100 valence electrons. The van der Waals surface area contributed by atoms with Gasteiger partial charge in [0, 0.05) is 6.07 Å². The van der Waals surface area contributed by atoms with E-state index in [0.29, 0.717) is 0 Å². The van der Waals surface area contributed by atoms with Crippen molar-refractivity contribution in [3.8, 4) is 5.88 Å². The molecule has 0 amide bonds. The number of ether oxygens (including phenoxy) is 1. The van der Waals surface area contributed by atoms with Crippen LogP contribution in [0, 0.1) is 10.1 Å². The van der Waals surface area contributed by atoms with Crippen LogP contribution in [0.5, 0.6) is 5.88 Å². The first-order chi connectivity index (χ1) is 8.49. The summed E-state index contributed by atoms with van der Waals surface area (Å²) in [5.41, 5.74) is -0.170. The van der Waals surface area contributed by atoms with Gasteiger partial charge in [-0.05, 0) is 28.8 Å².